The molecule has 2 aliphatic heterocycles. The summed E-state index contributed by atoms with van der Waals surface area (Å²) in [5.41, 5.74) is 12.5. The van der Waals surface area contributed by atoms with Crippen LogP contribution in [0.5, 0.6) is 0 Å². The summed E-state index contributed by atoms with van der Waals surface area (Å²) in [4.78, 5) is 64.4. The number of nitrogens with two attached hydrogens (primary N) is 1. The van der Waals surface area contributed by atoms with E-state index in [0.717, 1.165) is 45.1 Å². The number of Topliss-reactive ketones (excluding diaryl/α,β-unsaturated/α-hetero) is 1. The molecule has 11 nitrogen and oxygen atoms in total. The van der Waals surface area contributed by atoms with Gasteiger partial charge < -0.3 is 25.3 Å². The van der Waals surface area contributed by atoms with E-state index in [1.807, 2.05) is 60.8 Å². The second kappa shape index (κ2) is 18.9. The molecule has 1 saturated carbocycles. The van der Waals surface area contributed by atoms with Crippen LogP contribution in [0.2, 0.25) is 0 Å². The number of ketones is 1. The summed E-state index contributed by atoms with van der Waals surface area (Å²) in [6, 6.07) is 18.2. The number of hydrogen-bond donors (Lipinski definition) is 3. The van der Waals surface area contributed by atoms with Crippen molar-refractivity contribution in [3.63, 3.8) is 0 Å². The standard InChI is InChI=1S/C46H51F2N5O6S/c47-46(48)21-19-33(20-22-46)52-27-38(30-8-3-9-31(25-30)43(49)60)35-16-15-32(26-40(35)52)50-41(55)14-2-1-11-34(54)12-6-24-59-23-5-10-29-7-4-13-36-37(29)28-53(45(36)58)39-17-18-42(56)51-44(39)57/h3-4,7-9,13,15-16,25-27,33,39H,1-2,5-6,10-12,14,17-24,28H2,(H2,49,60)(H,50,55)(H,51,56,57). The Morgan fingerprint density at radius 3 is 2.43 bits per heavy atom. The molecule has 1 aromatic heterocycles. The van der Waals surface area contributed by atoms with Gasteiger partial charge in [-0.05, 0) is 92.3 Å². The maximum atomic E-state index is 14.1. The smallest absolute Gasteiger partial charge is 0.255 e. The molecular formula is C46H51F2N5O6S. The highest BCUT2D eigenvalue weighted by Gasteiger charge is 2.40. The third-order valence-electron chi connectivity index (χ3n) is 11.9. The van der Waals surface area contributed by atoms with Crippen LogP contribution >= 0.6 is 12.2 Å². The Balaban J connectivity index is 0.820. The summed E-state index contributed by atoms with van der Waals surface area (Å²) in [6.07, 6.45) is 7.18. The van der Waals surface area contributed by atoms with Crippen molar-refractivity contribution < 1.29 is 37.5 Å². The monoisotopic (exact) mass is 839 g/mol. The first kappa shape index (κ1) is 42.8. The van der Waals surface area contributed by atoms with E-state index in [2.05, 4.69) is 15.2 Å². The molecular weight excluding hydrogens is 789 g/mol. The van der Waals surface area contributed by atoms with Gasteiger partial charge in [0.25, 0.3) is 5.91 Å². The lowest BCUT2D eigenvalue weighted by molar-refractivity contribution is -0.137. The van der Waals surface area contributed by atoms with Crippen LogP contribution < -0.4 is 16.4 Å². The molecule has 1 unspecified atom stereocenters. The topological polar surface area (TPSA) is 153 Å². The van der Waals surface area contributed by atoms with E-state index in [-0.39, 0.29) is 60.2 Å². The molecule has 3 aliphatic rings. The minimum absolute atomic E-state index is 0.104. The average molecular weight is 840 g/mol. The Bertz CT molecular complexity index is 2300. The van der Waals surface area contributed by atoms with Crippen LogP contribution in [-0.2, 0) is 36.9 Å². The number of alkyl halides is 2. The quantitative estimate of drug-likeness (QED) is 0.0519. The molecule has 0 bridgehead atoms. The highest BCUT2D eigenvalue weighted by molar-refractivity contribution is 7.80. The van der Waals surface area contributed by atoms with Gasteiger partial charge in [0, 0.05) is 98.3 Å². The normalized spacial score (nSPS) is 17.8. The second-order valence-corrected chi connectivity index (χ2v) is 16.6. The largest absolute Gasteiger partial charge is 0.389 e. The van der Waals surface area contributed by atoms with Gasteiger partial charge >= 0.3 is 0 Å². The number of rotatable bonds is 18. The lowest BCUT2D eigenvalue weighted by Crippen LogP contribution is -2.52. The Morgan fingerprint density at radius 2 is 1.65 bits per heavy atom. The number of carbonyl (C=O) groups is 5. The number of thiocarbonyl (C=S) groups is 1. The Kier molecular flexibility index (Phi) is 13.5. The number of anilines is 1. The molecule has 316 valence electrons. The van der Waals surface area contributed by atoms with Gasteiger partial charge in [-0.15, -0.1) is 0 Å². The van der Waals surface area contributed by atoms with E-state index >= 15 is 0 Å². The number of nitrogens with one attached hydrogen (secondary N) is 2. The third-order valence-corrected chi connectivity index (χ3v) is 12.2. The van der Waals surface area contributed by atoms with Crippen LogP contribution in [0.1, 0.15) is 117 Å². The molecule has 2 fully saturated rings. The van der Waals surface area contributed by atoms with Crippen molar-refractivity contribution in [1.29, 1.82) is 0 Å². The predicted molar refractivity (Wildman–Crippen MR) is 229 cm³/mol. The van der Waals surface area contributed by atoms with Gasteiger partial charge in [-0.1, -0.05) is 48.6 Å². The van der Waals surface area contributed by atoms with Crippen LogP contribution in [0.25, 0.3) is 22.0 Å². The summed E-state index contributed by atoms with van der Waals surface area (Å²) in [5.74, 6) is -3.61. The maximum absolute atomic E-state index is 14.1. The summed E-state index contributed by atoms with van der Waals surface area (Å²) >= 11 is 5.20. The fourth-order valence-electron chi connectivity index (χ4n) is 8.68. The zero-order chi connectivity index (χ0) is 42.4. The zero-order valence-corrected chi connectivity index (χ0v) is 34.4. The van der Waals surface area contributed by atoms with Gasteiger partial charge in [-0.3, -0.25) is 29.3 Å². The number of carbonyl (C=O) groups excluding carboxylic acids is 5. The van der Waals surface area contributed by atoms with E-state index in [9.17, 15) is 32.8 Å². The maximum Gasteiger partial charge on any atom is 0.255 e. The number of nitrogens with zero attached hydrogens (tertiary/aromatic N) is 2. The number of hydrogen-bond acceptors (Lipinski definition) is 7. The van der Waals surface area contributed by atoms with Crippen molar-refractivity contribution in [3.05, 3.63) is 89.1 Å². The van der Waals surface area contributed by atoms with Gasteiger partial charge in [0.1, 0.15) is 16.8 Å². The minimum atomic E-state index is -2.66. The fourth-order valence-corrected chi connectivity index (χ4v) is 8.81. The van der Waals surface area contributed by atoms with E-state index in [1.165, 1.54) is 0 Å². The number of aromatic nitrogens is 1. The Hall–Kier alpha value is -5.34. The number of piperidine rings is 1. The molecule has 3 aromatic carbocycles. The van der Waals surface area contributed by atoms with Crippen LogP contribution in [0.4, 0.5) is 14.5 Å². The van der Waals surface area contributed by atoms with E-state index in [4.69, 9.17) is 22.7 Å². The highest BCUT2D eigenvalue weighted by Crippen LogP contribution is 2.42. The molecule has 0 spiro atoms. The first-order valence-electron chi connectivity index (χ1n) is 20.9. The number of fused-ring (bicyclic) bond motifs is 2. The number of benzene rings is 3. The Labute approximate surface area is 353 Å². The molecule has 4 aromatic rings. The summed E-state index contributed by atoms with van der Waals surface area (Å²) in [7, 11) is 0. The van der Waals surface area contributed by atoms with Crippen molar-refractivity contribution in [2.24, 2.45) is 5.73 Å². The molecule has 4 N–H and O–H groups in total. The summed E-state index contributed by atoms with van der Waals surface area (Å²) < 4.78 is 36.1. The van der Waals surface area contributed by atoms with Gasteiger partial charge in [0.15, 0.2) is 0 Å². The van der Waals surface area contributed by atoms with Crippen LogP contribution in [0.15, 0.2) is 66.9 Å². The van der Waals surface area contributed by atoms with E-state index < -0.39 is 17.9 Å². The number of aryl methyl sites for hydroxylation is 1. The van der Waals surface area contributed by atoms with Crippen LogP contribution in [0, 0.1) is 0 Å². The van der Waals surface area contributed by atoms with Crippen LogP contribution in [-0.4, -0.2) is 69.0 Å². The number of amides is 4. The van der Waals surface area contributed by atoms with Gasteiger partial charge in [-0.2, -0.15) is 0 Å². The minimum Gasteiger partial charge on any atom is -0.389 e. The van der Waals surface area contributed by atoms with Crippen molar-refractivity contribution in [2.75, 3.05) is 18.5 Å². The number of halogens is 2. The SMILES string of the molecule is NC(=S)c1cccc(-c2cn(C3CCC(F)(F)CC3)c3cc(NC(=O)CCCCC(=O)CCCOCCCc4cccc5c4CN(C4CCC(=O)NC4=O)C5=O)ccc23)c1. The summed E-state index contributed by atoms with van der Waals surface area (Å²) in [6.45, 7) is 1.31. The van der Waals surface area contributed by atoms with E-state index in [1.54, 1.807) is 11.0 Å². The van der Waals surface area contributed by atoms with Crippen LogP contribution in [0.3, 0.4) is 0 Å². The zero-order valence-electron chi connectivity index (χ0n) is 33.6. The molecule has 1 aliphatic carbocycles. The molecule has 1 saturated heterocycles. The van der Waals surface area contributed by atoms with Crippen molar-refractivity contribution in [2.45, 2.75) is 114 Å². The average Bonchev–Trinajstić information content (AvgIpc) is 3.77. The molecule has 60 heavy (non-hydrogen) atoms. The number of unbranched alkanes of at least 4 members (excludes halogenated alkanes) is 1. The van der Waals surface area contributed by atoms with Crippen molar-refractivity contribution in [1.82, 2.24) is 14.8 Å². The molecule has 4 amide bonds. The lowest BCUT2D eigenvalue weighted by atomic mass is 9.92. The van der Waals surface area contributed by atoms with Gasteiger partial charge in [-0.25, -0.2) is 8.78 Å². The van der Waals surface area contributed by atoms with Gasteiger partial charge in [0.05, 0.1) is 5.52 Å². The molecule has 3 heterocycles. The first-order valence-corrected chi connectivity index (χ1v) is 21.3. The van der Waals surface area contributed by atoms with Gasteiger partial charge in [0.2, 0.25) is 23.6 Å². The molecule has 1 atom stereocenters. The van der Waals surface area contributed by atoms with Crippen molar-refractivity contribution >= 4 is 63.2 Å². The Morgan fingerprint density at radius 1 is 0.900 bits per heavy atom. The predicted octanol–water partition coefficient (Wildman–Crippen LogP) is 7.95. The first-order chi connectivity index (χ1) is 28.9. The highest BCUT2D eigenvalue weighted by atomic mass is 32.1. The second-order valence-electron chi connectivity index (χ2n) is 16.2. The summed E-state index contributed by atoms with van der Waals surface area (Å²) in [5, 5.41) is 6.26. The molecule has 0 radical (unpaired) electrons. The third kappa shape index (κ3) is 10.2. The lowest BCUT2D eigenvalue weighted by Gasteiger charge is -2.29. The molecule has 14 heteroatoms. The van der Waals surface area contributed by atoms with E-state index in [0.29, 0.717) is 88.8 Å². The number of imide groups is 1. The van der Waals surface area contributed by atoms with Crippen molar-refractivity contribution in [3.8, 4) is 11.1 Å². The molecule has 7 rings (SSSR count). The fraction of sp³-hybridized carbons (Fsp3) is 0.435. The number of ether oxygens (including phenoxy) is 1.